The molecule has 0 aliphatic carbocycles. The maximum absolute atomic E-state index is 10.7. The third kappa shape index (κ3) is 5.93. The highest BCUT2D eigenvalue weighted by Gasteiger charge is 2.06. The minimum atomic E-state index is 0.260. The molecule has 3 aromatic rings. The Morgan fingerprint density at radius 1 is 0.893 bits per heavy atom. The topological polar surface area (TPSA) is 40.9 Å². The minimum absolute atomic E-state index is 0.260. The Balaban J connectivity index is 0.000000209. The third-order valence-electron chi connectivity index (χ3n) is 4.56. The second kappa shape index (κ2) is 10.2. The maximum Gasteiger partial charge on any atom is 0.130 e. The first-order valence-corrected chi connectivity index (χ1v) is 9.53. The van der Waals surface area contributed by atoms with Crippen LogP contribution in [0.15, 0.2) is 72.3 Å². The largest absolute Gasteiger partial charge is 0.300 e. The zero-order valence-corrected chi connectivity index (χ0v) is 17.1. The molecule has 3 rings (SSSR count). The van der Waals surface area contributed by atoms with Crippen LogP contribution in [0.25, 0.3) is 16.3 Å². The first-order valence-electron chi connectivity index (χ1n) is 9.53. The number of fused-ring (bicyclic) bond motifs is 1. The summed E-state index contributed by atoms with van der Waals surface area (Å²) in [5, 5.41) is 11.5. The lowest BCUT2D eigenvalue weighted by atomic mass is 9.96. The van der Waals surface area contributed by atoms with Gasteiger partial charge >= 0.3 is 0 Å². The van der Waals surface area contributed by atoms with E-state index in [2.05, 4.69) is 55.5 Å². The maximum atomic E-state index is 10.7. The van der Waals surface area contributed by atoms with E-state index in [9.17, 15) is 10.1 Å². The first kappa shape index (κ1) is 21.1. The van der Waals surface area contributed by atoms with Crippen LogP contribution in [-0.2, 0) is 11.2 Å². The Hall–Kier alpha value is -3.18. The van der Waals surface area contributed by atoms with Gasteiger partial charge in [-0.3, -0.25) is 0 Å². The van der Waals surface area contributed by atoms with Gasteiger partial charge in [-0.05, 0) is 56.0 Å². The third-order valence-corrected chi connectivity index (χ3v) is 4.56. The number of ketones is 1. The van der Waals surface area contributed by atoms with Crippen molar-refractivity contribution in [1.29, 1.82) is 5.26 Å². The second-order valence-electron chi connectivity index (χ2n) is 7.20. The molecule has 0 N–H and O–H groups in total. The summed E-state index contributed by atoms with van der Waals surface area (Å²) in [6, 6.07) is 24.8. The molecule has 2 heteroatoms. The van der Waals surface area contributed by atoms with Gasteiger partial charge in [0.25, 0.3) is 0 Å². The van der Waals surface area contributed by atoms with Crippen LogP contribution in [0.3, 0.4) is 0 Å². The summed E-state index contributed by atoms with van der Waals surface area (Å²) in [6.45, 7) is 7.64. The fourth-order valence-corrected chi connectivity index (χ4v) is 2.96. The summed E-state index contributed by atoms with van der Waals surface area (Å²) >= 11 is 0. The van der Waals surface area contributed by atoms with Crippen molar-refractivity contribution < 1.29 is 4.79 Å². The fraction of sp³-hybridized carbons (Fsp3) is 0.231. The Kier molecular flexibility index (Phi) is 7.72. The summed E-state index contributed by atoms with van der Waals surface area (Å²) in [5.41, 5.74) is 5.37. The van der Waals surface area contributed by atoms with Gasteiger partial charge in [0, 0.05) is 6.42 Å². The molecule has 142 valence electrons. The van der Waals surface area contributed by atoms with Gasteiger partial charge in [0.05, 0.1) is 11.6 Å². The zero-order chi connectivity index (χ0) is 20.5. The van der Waals surface area contributed by atoms with Crippen LogP contribution in [0, 0.1) is 18.3 Å². The molecule has 0 fully saturated rings. The van der Waals surface area contributed by atoms with Gasteiger partial charge in [-0.1, -0.05) is 77.9 Å². The monoisotopic (exact) mass is 369 g/mol. The van der Waals surface area contributed by atoms with Crippen molar-refractivity contribution in [3.8, 4) is 6.07 Å². The van der Waals surface area contributed by atoms with Crippen molar-refractivity contribution in [1.82, 2.24) is 0 Å². The number of benzene rings is 3. The van der Waals surface area contributed by atoms with Crippen molar-refractivity contribution in [3.05, 3.63) is 89.0 Å². The van der Waals surface area contributed by atoms with Crippen molar-refractivity contribution in [2.45, 2.75) is 40.5 Å². The number of nitriles is 1. The van der Waals surface area contributed by atoms with E-state index >= 15 is 0 Å². The van der Waals surface area contributed by atoms with Crippen LogP contribution >= 0.6 is 0 Å². The first-order chi connectivity index (χ1) is 13.4. The van der Waals surface area contributed by atoms with Gasteiger partial charge < -0.3 is 4.79 Å². The number of carbonyl (C=O) groups is 1. The molecule has 0 bridgehead atoms. The average Bonchev–Trinajstić information content (AvgIpc) is 2.68. The average molecular weight is 370 g/mol. The number of nitrogens with zero attached hydrogens (tertiary/aromatic N) is 1. The number of carbonyl (C=O) groups excluding carboxylic acids is 1. The molecule has 0 amide bonds. The molecule has 2 nitrogen and oxygen atoms in total. The summed E-state index contributed by atoms with van der Waals surface area (Å²) in [7, 11) is 0. The van der Waals surface area contributed by atoms with Gasteiger partial charge in [0.15, 0.2) is 0 Å². The lowest BCUT2D eigenvalue weighted by Gasteiger charge is -2.06. The smallest absolute Gasteiger partial charge is 0.130 e. The van der Waals surface area contributed by atoms with Gasteiger partial charge in [-0.2, -0.15) is 5.26 Å². The van der Waals surface area contributed by atoms with Crippen LogP contribution in [0.1, 0.15) is 43.9 Å². The lowest BCUT2D eigenvalue weighted by molar-refractivity contribution is -0.116. The molecule has 0 aliphatic rings. The predicted molar refractivity (Wildman–Crippen MR) is 118 cm³/mol. The van der Waals surface area contributed by atoms with Crippen molar-refractivity contribution in [3.63, 3.8) is 0 Å². The highest BCUT2D eigenvalue weighted by atomic mass is 16.1. The molecular formula is C26H27NO. The number of hydrogen-bond donors (Lipinski definition) is 0. The molecular weight excluding hydrogens is 342 g/mol. The van der Waals surface area contributed by atoms with Crippen LogP contribution < -0.4 is 0 Å². The molecule has 0 aliphatic heterocycles. The summed E-state index contributed by atoms with van der Waals surface area (Å²) < 4.78 is 0. The highest BCUT2D eigenvalue weighted by Crippen LogP contribution is 2.26. The van der Waals surface area contributed by atoms with Gasteiger partial charge in [0.1, 0.15) is 5.78 Å². The Morgan fingerprint density at radius 3 is 2.14 bits per heavy atom. The zero-order valence-electron chi connectivity index (χ0n) is 17.1. The van der Waals surface area contributed by atoms with Crippen molar-refractivity contribution >= 4 is 22.1 Å². The number of aryl methyl sites for hydroxylation is 2. The van der Waals surface area contributed by atoms with E-state index in [1.54, 1.807) is 6.92 Å². The van der Waals surface area contributed by atoms with Crippen LogP contribution in [-0.4, -0.2) is 5.78 Å². The van der Waals surface area contributed by atoms with Crippen molar-refractivity contribution in [2.24, 2.45) is 0 Å². The standard InChI is InChI=1S/C15H13N.C11H14O/c1-11(2)15(10-16)14-9-5-7-12-6-3-4-8-13(12)14;1-9-3-6-11(7-4-9)8-5-10(2)12/h3-9H,1-2H3;3-4,6-7H,5,8H2,1-2H3. The Morgan fingerprint density at radius 2 is 1.54 bits per heavy atom. The van der Waals surface area contributed by atoms with Gasteiger partial charge in [-0.25, -0.2) is 0 Å². The normalized spacial score (nSPS) is 9.82. The van der Waals surface area contributed by atoms with E-state index < -0.39 is 0 Å². The molecule has 0 aromatic heterocycles. The number of allylic oxidation sites excluding steroid dienone is 2. The van der Waals surface area contributed by atoms with Crippen LogP contribution in [0.5, 0.6) is 0 Å². The second-order valence-corrected chi connectivity index (χ2v) is 7.20. The predicted octanol–water partition coefficient (Wildman–Crippen LogP) is 6.67. The molecule has 3 aromatic carbocycles. The van der Waals surface area contributed by atoms with Crippen LogP contribution in [0.2, 0.25) is 0 Å². The Labute approximate surface area is 168 Å². The SMILES string of the molecule is CC(=O)CCc1ccc(C)cc1.CC(C)=C(C#N)c1cccc2ccccc12. The molecule has 0 unspecified atom stereocenters. The molecule has 0 saturated heterocycles. The number of rotatable bonds is 4. The highest BCUT2D eigenvalue weighted by molar-refractivity contribution is 5.97. The quantitative estimate of drug-likeness (QED) is 0.482. The molecule has 0 atom stereocenters. The van der Waals surface area contributed by atoms with E-state index in [-0.39, 0.29) is 5.78 Å². The Bertz CT molecular complexity index is 1010. The van der Waals surface area contributed by atoms with Crippen LogP contribution in [0.4, 0.5) is 0 Å². The molecule has 0 heterocycles. The fourth-order valence-electron chi connectivity index (χ4n) is 2.96. The molecule has 28 heavy (non-hydrogen) atoms. The van der Waals surface area contributed by atoms with E-state index in [1.165, 1.54) is 16.5 Å². The lowest BCUT2D eigenvalue weighted by Crippen LogP contribution is -1.93. The van der Waals surface area contributed by atoms with E-state index in [0.717, 1.165) is 28.5 Å². The van der Waals surface area contributed by atoms with Gasteiger partial charge in [0.2, 0.25) is 0 Å². The molecule has 0 spiro atoms. The van der Waals surface area contributed by atoms with E-state index in [1.807, 2.05) is 38.1 Å². The minimum Gasteiger partial charge on any atom is -0.300 e. The number of Topliss-reactive ketones (excluding diaryl/α,β-unsaturated/α-hetero) is 1. The van der Waals surface area contributed by atoms with E-state index in [4.69, 9.17) is 0 Å². The summed E-state index contributed by atoms with van der Waals surface area (Å²) in [4.78, 5) is 10.7. The van der Waals surface area contributed by atoms with Gasteiger partial charge in [-0.15, -0.1) is 0 Å². The summed E-state index contributed by atoms with van der Waals surface area (Å²) in [6.07, 6.45) is 1.53. The molecule has 0 radical (unpaired) electrons. The summed E-state index contributed by atoms with van der Waals surface area (Å²) in [5.74, 6) is 0.260. The molecule has 0 saturated carbocycles. The van der Waals surface area contributed by atoms with Crippen molar-refractivity contribution in [2.75, 3.05) is 0 Å². The number of hydrogen-bond acceptors (Lipinski definition) is 2. The van der Waals surface area contributed by atoms with E-state index in [0.29, 0.717) is 6.42 Å².